The van der Waals surface area contributed by atoms with E-state index in [0.717, 1.165) is 0 Å². The Hall–Kier alpha value is -3.24. The van der Waals surface area contributed by atoms with Crippen LogP contribution in [0.4, 0.5) is 13.2 Å². The third-order valence-corrected chi connectivity index (χ3v) is 5.56. The fourth-order valence-electron chi connectivity index (χ4n) is 4.24. The first-order valence-electron chi connectivity index (χ1n) is 9.58. The molecule has 7 nitrogen and oxygen atoms in total. The van der Waals surface area contributed by atoms with Gasteiger partial charge >= 0.3 is 12.1 Å². The highest BCUT2D eigenvalue weighted by atomic mass is 19.4. The Balaban J connectivity index is 2.23. The van der Waals surface area contributed by atoms with Gasteiger partial charge in [0, 0.05) is 18.1 Å². The summed E-state index contributed by atoms with van der Waals surface area (Å²) < 4.78 is 47.0. The quantitative estimate of drug-likeness (QED) is 0.575. The number of hydrogen-bond acceptors (Lipinski definition) is 7. The number of ketones is 1. The van der Waals surface area contributed by atoms with Crippen LogP contribution in [0.3, 0.4) is 0 Å². The Morgan fingerprint density at radius 3 is 2.71 bits per heavy atom. The molecule has 4 atom stereocenters. The molecular formula is C21H18F3N3O4. The van der Waals surface area contributed by atoms with Crippen LogP contribution in [0.25, 0.3) is 0 Å². The van der Waals surface area contributed by atoms with Gasteiger partial charge in [-0.3, -0.25) is 9.59 Å². The molecule has 0 bridgehead atoms. The molecule has 1 aliphatic carbocycles. The van der Waals surface area contributed by atoms with Crippen LogP contribution in [0.15, 0.2) is 29.3 Å². The van der Waals surface area contributed by atoms with Crippen molar-refractivity contribution >= 4 is 17.5 Å². The first kappa shape index (κ1) is 22.4. The SMILES string of the molecule is N#CCCOC(=O)C1C(c2cccc(C#N)c2)C2C(=O)CCCC2=NC1(O)C(F)(F)F. The van der Waals surface area contributed by atoms with Crippen LogP contribution in [-0.2, 0) is 14.3 Å². The molecule has 1 saturated carbocycles. The highest BCUT2D eigenvalue weighted by Gasteiger charge is 2.68. The summed E-state index contributed by atoms with van der Waals surface area (Å²) in [5, 5.41) is 28.6. The molecular weight excluding hydrogens is 415 g/mol. The van der Waals surface area contributed by atoms with Crippen LogP contribution in [-0.4, -0.2) is 41.1 Å². The minimum Gasteiger partial charge on any atom is -0.464 e. The molecule has 4 unspecified atom stereocenters. The summed E-state index contributed by atoms with van der Waals surface area (Å²) in [6.07, 6.45) is -5.15. The maximum atomic E-state index is 14.1. The predicted octanol–water partition coefficient (Wildman–Crippen LogP) is 2.79. The minimum atomic E-state index is -5.34. The van der Waals surface area contributed by atoms with Crippen molar-refractivity contribution < 1.29 is 32.6 Å². The van der Waals surface area contributed by atoms with E-state index in [-0.39, 0.29) is 42.5 Å². The number of fused-ring (bicyclic) bond motifs is 1. The molecule has 2 aliphatic rings. The molecule has 1 fully saturated rings. The summed E-state index contributed by atoms with van der Waals surface area (Å²) >= 11 is 0. The smallest absolute Gasteiger partial charge is 0.439 e. The van der Waals surface area contributed by atoms with E-state index in [9.17, 15) is 33.1 Å². The highest BCUT2D eigenvalue weighted by molar-refractivity contribution is 6.09. The molecule has 1 aromatic carbocycles. The molecule has 0 amide bonds. The van der Waals surface area contributed by atoms with Crippen LogP contribution < -0.4 is 0 Å². The molecule has 0 spiro atoms. The van der Waals surface area contributed by atoms with Gasteiger partial charge in [0.05, 0.1) is 30.0 Å². The van der Waals surface area contributed by atoms with E-state index in [0.29, 0.717) is 0 Å². The number of esters is 1. The van der Waals surface area contributed by atoms with Crippen molar-refractivity contribution in [2.45, 2.75) is 43.5 Å². The number of aliphatic hydroxyl groups is 1. The number of nitrogens with zero attached hydrogens (tertiary/aromatic N) is 3. The number of nitriles is 2. The Morgan fingerprint density at radius 2 is 2.06 bits per heavy atom. The Kier molecular flexibility index (Phi) is 6.14. The number of Topliss-reactive ketones (excluding diaryl/α,β-unsaturated/α-hetero) is 1. The van der Waals surface area contributed by atoms with Gasteiger partial charge < -0.3 is 9.84 Å². The fourth-order valence-corrected chi connectivity index (χ4v) is 4.24. The number of alkyl halides is 3. The van der Waals surface area contributed by atoms with Gasteiger partial charge in [0.25, 0.3) is 5.72 Å². The Bertz CT molecular complexity index is 1010. The lowest BCUT2D eigenvalue weighted by atomic mass is 9.64. The normalized spacial score (nSPS) is 28.0. The summed E-state index contributed by atoms with van der Waals surface area (Å²) in [7, 11) is 0. The number of carbonyl (C=O) groups excluding carboxylic acids is 2. The third kappa shape index (κ3) is 4.04. The molecule has 1 aromatic rings. The van der Waals surface area contributed by atoms with Crippen molar-refractivity contribution in [1.82, 2.24) is 0 Å². The molecule has 31 heavy (non-hydrogen) atoms. The van der Waals surface area contributed by atoms with Gasteiger partial charge in [-0.2, -0.15) is 23.7 Å². The standard InChI is InChI=1S/C21H18F3N3O4/c22-21(23,24)20(30)18(19(29)31-9-3-8-25)16(13-5-1-4-12(10-13)11-26)17-14(27-20)6-2-7-15(17)28/h1,4-5,10,16-18,30H,2-3,6-7,9H2. The van der Waals surface area contributed by atoms with E-state index in [2.05, 4.69) is 4.99 Å². The number of carbonyl (C=O) groups is 2. The van der Waals surface area contributed by atoms with Gasteiger partial charge in [-0.15, -0.1) is 0 Å². The second-order valence-electron chi connectivity index (χ2n) is 7.44. The molecule has 0 aromatic heterocycles. The molecule has 162 valence electrons. The number of benzene rings is 1. The van der Waals surface area contributed by atoms with Crippen molar-refractivity contribution in [3.05, 3.63) is 35.4 Å². The lowest BCUT2D eigenvalue weighted by Crippen LogP contribution is -2.61. The van der Waals surface area contributed by atoms with Gasteiger partial charge in [0.15, 0.2) is 0 Å². The largest absolute Gasteiger partial charge is 0.464 e. The molecule has 1 heterocycles. The number of ether oxygens (including phenoxy) is 1. The molecule has 0 radical (unpaired) electrons. The number of aliphatic imine (C=N–C) groups is 1. The van der Waals surface area contributed by atoms with E-state index >= 15 is 0 Å². The van der Waals surface area contributed by atoms with Crippen molar-refractivity contribution in [2.24, 2.45) is 16.8 Å². The third-order valence-electron chi connectivity index (χ3n) is 5.56. The van der Waals surface area contributed by atoms with Gasteiger partial charge in [0.1, 0.15) is 18.3 Å². The van der Waals surface area contributed by atoms with Crippen LogP contribution in [0.1, 0.15) is 42.7 Å². The monoisotopic (exact) mass is 433 g/mol. The first-order chi connectivity index (χ1) is 14.6. The zero-order valence-electron chi connectivity index (χ0n) is 16.2. The Labute approximate surface area is 175 Å². The van der Waals surface area contributed by atoms with Crippen molar-refractivity contribution in [3.8, 4) is 12.1 Å². The predicted molar refractivity (Wildman–Crippen MR) is 99.4 cm³/mol. The van der Waals surface area contributed by atoms with Crippen molar-refractivity contribution in [1.29, 1.82) is 10.5 Å². The van der Waals surface area contributed by atoms with Gasteiger partial charge in [-0.25, -0.2) is 4.99 Å². The zero-order valence-corrected chi connectivity index (χ0v) is 16.2. The van der Waals surface area contributed by atoms with E-state index in [4.69, 9.17) is 10.00 Å². The summed E-state index contributed by atoms with van der Waals surface area (Å²) in [5.74, 6) is -6.68. The van der Waals surface area contributed by atoms with E-state index < -0.39 is 48.0 Å². The molecule has 1 N–H and O–H groups in total. The lowest BCUT2D eigenvalue weighted by Gasteiger charge is -2.46. The second kappa shape index (κ2) is 8.48. The van der Waals surface area contributed by atoms with Crippen molar-refractivity contribution in [2.75, 3.05) is 6.61 Å². The van der Waals surface area contributed by atoms with Crippen LogP contribution in [0, 0.1) is 34.5 Å². The number of rotatable bonds is 4. The van der Waals surface area contributed by atoms with E-state index in [1.807, 2.05) is 6.07 Å². The number of hydrogen-bond donors (Lipinski definition) is 1. The lowest BCUT2D eigenvalue weighted by molar-refractivity contribution is -0.281. The van der Waals surface area contributed by atoms with Gasteiger partial charge in [-0.1, -0.05) is 12.1 Å². The minimum absolute atomic E-state index is 0.0689. The zero-order chi connectivity index (χ0) is 22.8. The fraction of sp³-hybridized carbons (Fsp3) is 0.476. The van der Waals surface area contributed by atoms with Crippen LogP contribution >= 0.6 is 0 Å². The Morgan fingerprint density at radius 1 is 1.32 bits per heavy atom. The summed E-state index contributed by atoms with van der Waals surface area (Å²) in [5.41, 5.74) is -3.69. The molecule has 3 rings (SSSR count). The maximum absolute atomic E-state index is 14.1. The van der Waals surface area contributed by atoms with E-state index in [1.165, 1.54) is 24.3 Å². The summed E-state index contributed by atoms with van der Waals surface area (Å²) in [6.45, 7) is -0.472. The topological polar surface area (TPSA) is 124 Å². The van der Waals surface area contributed by atoms with Gasteiger partial charge in [0.2, 0.25) is 0 Å². The highest BCUT2D eigenvalue weighted by Crippen LogP contribution is 2.52. The maximum Gasteiger partial charge on any atom is 0.439 e. The second-order valence-corrected chi connectivity index (χ2v) is 7.44. The molecule has 0 saturated heterocycles. The molecule has 10 heteroatoms. The van der Waals surface area contributed by atoms with E-state index in [1.54, 1.807) is 6.07 Å². The van der Waals surface area contributed by atoms with Gasteiger partial charge in [-0.05, 0) is 30.5 Å². The molecule has 1 aliphatic heterocycles. The average molecular weight is 433 g/mol. The van der Waals surface area contributed by atoms with Crippen molar-refractivity contribution in [3.63, 3.8) is 0 Å². The number of halogens is 3. The first-order valence-corrected chi connectivity index (χ1v) is 9.58. The van der Waals surface area contributed by atoms with Crippen LogP contribution in [0.5, 0.6) is 0 Å². The summed E-state index contributed by atoms with van der Waals surface area (Å²) in [6, 6.07) is 9.14. The van der Waals surface area contributed by atoms with Crippen LogP contribution in [0.2, 0.25) is 0 Å². The average Bonchev–Trinajstić information content (AvgIpc) is 2.72. The summed E-state index contributed by atoms with van der Waals surface area (Å²) in [4.78, 5) is 29.1.